The number of piperazine rings is 1. The van der Waals surface area contributed by atoms with Crippen molar-refractivity contribution in [3.05, 3.63) is 33.8 Å². The molecule has 3 nitrogen and oxygen atoms in total. The first-order chi connectivity index (χ1) is 8.49. The lowest BCUT2D eigenvalue weighted by Gasteiger charge is -2.40. The van der Waals surface area contributed by atoms with Crippen LogP contribution in [-0.2, 0) is 0 Å². The number of halogens is 2. The lowest BCUT2D eigenvalue weighted by Crippen LogP contribution is -2.52. The zero-order valence-electron chi connectivity index (χ0n) is 10.6. The third-order valence-electron chi connectivity index (χ3n) is 3.55. The molecule has 0 radical (unpaired) electrons. The fraction of sp³-hybridized carbons (Fsp3) is 0.538. The van der Waals surface area contributed by atoms with E-state index in [4.69, 9.17) is 23.2 Å². The summed E-state index contributed by atoms with van der Waals surface area (Å²) in [7, 11) is 4.11. The van der Waals surface area contributed by atoms with E-state index in [1.54, 1.807) is 12.1 Å². The molecule has 5 heteroatoms. The quantitative estimate of drug-likeness (QED) is 0.905. The molecule has 2 unspecified atom stereocenters. The summed E-state index contributed by atoms with van der Waals surface area (Å²) in [5.41, 5.74) is 0.816. The van der Waals surface area contributed by atoms with E-state index in [0.717, 1.165) is 25.2 Å². The van der Waals surface area contributed by atoms with Crippen LogP contribution >= 0.6 is 23.2 Å². The Morgan fingerprint density at radius 3 is 2.61 bits per heavy atom. The number of aliphatic hydroxyl groups excluding tert-OH is 1. The maximum Gasteiger partial charge on any atom is 0.0958 e. The van der Waals surface area contributed by atoms with Gasteiger partial charge in [-0.05, 0) is 31.8 Å². The molecule has 2 atom stereocenters. The molecular weight excluding hydrogens is 271 g/mol. The first kappa shape index (κ1) is 14.1. The van der Waals surface area contributed by atoms with Crippen molar-refractivity contribution in [2.75, 3.05) is 33.7 Å². The molecule has 0 saturated carbocycles. The van der Waals surface area contributed by atoms with Crippen molar-refractivity contribution >= 4 is 23.2 Å². The number of aliphatic hydroxyl groups is 1. The first-order valence-corrected chi connectivity index (χ1v) is 6.76. The molecule has 1 N–H and O–H groups in total. The van der Waals surface area contributed by atoms with Gasteiger partial charge in [0.15, 0.2) is 0 Å². The molecule has 0 aliphatic carbocycles. The summed E-state index contributed by atoms with van der Waals surface area (Å²) in [6, 6.07) is 5.40. The molecule has 1 heterocycles. The third kappa shape index (κ3) is 2.98. The molecule has 100 valence electrons. The molecule has 0 aromatic heterocycles. The van der Waals surface area contributed by atoms with Gasteiger partial charge in [0, 0.05) is 19.6 Å². The largest absolute Gasteiger partial charge is 0.387 e. The summed E-state index contributed by atoms with van der Waals surface area (Å²) in [6.45, 7) is 2.83. The highest BCUT2D eigenvalue weighted by atomic mass is 35.5. The van der Waals surface area contributed by atoms with Crippen LogP contribution < -0.4 is 0 Å². The van der Waals surface area contributed by atoms with Gasteiger partial charge in [-0.25, -0.2) is 0 Å². The summed E-state index contributed by atoms with van der Waals surface area (Å²) in [5, 5.41) is 11.5. The van der Waals surface area contributed by atoms with Crippen LogP contribution in [0.2, 0.25) is 10.0 Å². The van der Waals surface area contributed by atoms with Crippen LogP contribution in [0.15, 0.2) is 18.2 Å². The van der Waals surface area contributed by atoms with Crippen molar-refractivity contribution in [2.24, 2.45) is 0 Å². The van der Waals surface area contributed by atoms with Crippen LogP contribution in [-0.4, -0.2) is 54.7 Å². The third-order valence-corrected chi connectivity index (χ3v) is 4.29. The van der Waals surface area contributed by atoms with Gasteiger partial charge in [-0.3, -0.25) is 4.90 Å². The smallest absolute Gasteiger partial charge is 0.0958 e. The van der Waals surface area contributed by atoms with Gasteiger partial charge in [0.25, 0.3) is 0 Å². The van der Waals surface area contributed by atoms with Crippen LogP contribution in [0, 0.1) is 0 Å². The van der Waals surface area contributed by atoms with Crippen molar-refractivity contribution in [1.29, 1.82) is 0 Å². The van der Waals surface area contributed by atoms with E-state index in [2.05, 4.69) is 16.8 Å². The highest BCUT2D eigenvalue weighted by Gasteiger charge is 2.29. The van der Waals surface area contributed by atoms with Gasteiger partial charge in [-0.15, -0.1) is 0 Å². The van der Waals surface area contributed by atoms with Crippen molar-refractivity contribution in [2.45, 2.75) is 12.1 Å². The fourth-order valence-corrected chi connectivity index (χ4v) is 2.61. The molecule has 0 spiro atoms. The number of rotatable bonds is 2. The van der Waals surface area contributed by atoms with Crippen molar-refractivity contribution in [3.8, 4) is 0 Å². The standard InChI is InChI=1S/C13H18Cl2N2O/c1-16-5-6-17(2)12(8-16)13(18)9-3-4-10(14)11(15)7-9/h3-4,7,12-13,18H,5-6,8H2,1-2H3. The average molecular weight is 289 g/mol. The predicted octanol–water partition coefficient (Wildman–Crippen LogP) is 2.27. The van der Waals surface area contributed by atoms with E-state index in [9.17, 15) is 5.11 Å². The van der Waals surface area contributed by atoms with E-state index in [1.807, 2.05) is 13.1 Å². The Balaban J connectivity index is 2.18. The monoisotopic (exact) mass is 288 g/mol. The predicted molar refractivity (Wildman–Crippen MR) is 75.3 cm³/mol. The Morgan fingerprint density at radius 1 is 1.22 bits per heavy atom. The zero-order valence-corrected chi connectivity index (χ0v) is 12.1. The SMILES string of the molecule is CN1CCN(C)C(C(O)c2ccc(Cl)c(Cl)c2)C1. The van der Waals surface area contributed by atoms with E-state index in [0.29, 0.717) is 10.0 Å². The van der Waals surface area contributed by atoms with Gasteiger partial charge in [-0.2, -0.15) is 0 Å². The summed E-state index contributed by atoms with van der Waals surface area (Å²) < 4.78 is 0. The average Bonchev–Trinajstić information content (AvgIpc) is 2.35. The van der Waals surface area contributed by atoms with Crippen LogP contribution in [0.3, 0.4) is 0 Å². The maximum atomic E-state index is 10.5. The second kappa shape index (κ2) is 5.76. The van der Waals surface area contributed by atoms with Gasteiger partial charge in [0.05, 0.1) is 22.2 Å². The van der Waals surface area contributed by atoms with Crippen molar-refractivity contribution < 1.29 is 5.11 Å². The molecular formula is C13H18Cl2N2O. The number of hydrogen-bond acceptors (Lipinski definition) is 3. The van der Waals surface area contributed by atoms with Crippen LogP contribution in [0.1, 0.15) is 11.7 Å². The van der Waals surface area contributed by atoms with Gasteiger partial charge >= 0.3 is 0 Å². The Morgan fingerprint density at radius 2 is 1.94 bits per heavy atom. The Kier molecular flexibility index (Phi) is 4.51. The minimum Gasteiger partial charge on any atom is -0.387 e. The minimum absolute atomic E-state index is 0.0843. The van der Waals surface area contributed by atoms with Crippen molar-refractivity contribution in [3.63, 3.8) is 0 Å². The molecule has 1 aromatic carbocycles. The highest BCUT2D eigenvalue weighted by Crippen LogP contribution is 2.29. The number of likely N-dealkylation sites (N-methyl/N-ethyl adjacent to an activating group) is 2. The summed E-state index contributed by atoms with van der Waals surface area (Å²) in [4.78, 5) is 4.42. The van der Waals surface area contributed by atoms with Crippen LogP contribution in [0.5, 0.6) is 0 Å². The van der Waals surface area contributed by atoms with E-state index >= 15 is 0 Å². The van der Waals surface area contributed by atoms with Gasteiger partial charge < -0.3 is 10.0 Å². The summed E-state index contributed by atoms with van der Waals surface area (Å²) in [5.74, 6) is 0. The Bertz CT molecular complexity index is 427. The molecule has 18 heavy (non-hydrogen) atoms. The van der Waals surface area contributed by atoms with Crippen molar-refractivity contribution in [1.82, 2.24) is 9.80 Å². The maximum absolute atomic E-state index is 10.5. The summed E-state index contributed by atoms with van der Waals surface area (Å²) >= 11 is 11.9. The van der Waals surface area contributed by atoms with E-state index in [-0.39, 0.29) is 6.04 Å². The first-order valence-electron chi connectivity index (χ1n) is 6.01. The Hall–Kier alpha value is -0.320. The Labute approximate surface area is 118 Å². The second-order valence-electron chi connectivity index (χ2n) is 4.93. The zero-order chi connectivity index (χ0) is 13.3. The van der Waals surface area contributed by atoms with E-state index in [1.165, 1.54) is 0 Å². The lowest BCUT2D eigenvalue weighted by atomic mass is 9.99. The second-order valence-corrected chi connectivity index (χ2v) is 5.74. The van der Waals surface area contributed by atoms with Gasteiger partial charge in [-0.1, -0.05) is 29.3 Å². The topological polar surface area (TPSA) is 26.7 Å². The molecule has 2 rings (SSSR count). The van der Waals surface area contributed by atoms with E-state index < -0.39 is 6.10 Å². The number of nitrogens with zero attached hydrogens (tertiary/aromatic N) is 2. The molecule has 1 aromatic rings. The minimum atomic E-state index is -0.549. The molecule has 1 aliphatic heterocycles. The molecule has 1 fully saturated rings. The summed E-state index contributed by atoms with van der Waals surface area (Å²) in [6.07, 6.45) is -0.549. The molecule has 1 saturated heterocycles. The fourth-order valence-electron chi connectivity index (χ4n) is 2.30. The number of hydrogen-bond donors (Lipinski definition) is 1. The molecule has 1 aliphatic rings. The van der Waals surface area contributed by atoms with Crippen LogP contribution in [0.4, 0.5) is 0 Å². The van der Waals surface area contributed by atoms with Gasteiger partial charge in [0.1, 0.15) is 0 Å². The molecule has 0 bridgehead atoms. The van der Waals surface area contributed by atoms with Crippen LogP contribution in [0.25, 0.3) is 0 Å². The normalized spacial score (nSPS) is 24.2. The lowest BCUT2D eigenvalue weighted by molar-refractivity contribution is 0.0138. The highest BCUT2D eigenvalue weighted by molar-refractivity contribution is 6.42. The molecule has 0 amide bonds. The van der Waals surface area contributed by atoms with Gasteiger partial charge in [0.2, 0.25) is 0 Å². The number of benzene rings is 1.